The van der Waals surface area contributed by atoms with Crippen molar-refractivity contribution in [2.75, 3.05) is 10.6 Å². The van der Waals surface area contributed by atoms with Crippen molar-refractivity contribution in [3.63, 3.8) is 0 Å². The van der Waals surface area contributed by atoms with Crippen LogP contribution in [0.2, 0.25) is 0 Å². The van der Waals surface area contributed by atoms with Gasteiger partial charge in [0.15, 0.2) is 0 Å². The van der Waals surface area contributed by atoms with Crippen molar-refractivity contribution in [3.8, 4) is 0 Å². The minimum Gasteiger partial charge on any atom is -0.326 e. The third-order valence-corrected chi connectivity index (χ3v) is 3.37. The summed E-state index contributed by atoms with van der Waals surface area (Å²) in [5.74, 6) is -0.781. The Morgan fingerprint density at radius 3 is 1.96 bits per heavy atom. The third kappa shape index (κ3) is 4.13. The van der Waals surface area contributed by atoms with Gasteiger partial charge in [-0.25, -0.2) is 0 Å². The van der Waals surface area contributed by atoms with Crippen LogP contribution in [0.3, 0.4) is 0 Å². The molecule has 7 heteroatoms. The highest BCUT2D eigenvalue weighted by molar-refractivity contribution is 6.05. The molecule has 0 radical (unpaired) electrons. The lowest BCUT2D eigenvalue weighted by atomic mass is 10.1. The van der Waals surface area contributed by atoms with Crippen LogP contribution in [0.4, 0.5) is 24.5 Å². The van der Waals surface area contributed by atoms with E-state index in [-0.39, 0.29) is 11.5 Å². The molecule has 2 amide bonds. The van der Waals surface area contributed by atoms with E-state index in [1.807, 2.05) is 0 Å². The van der Waals surface area contributed by atoms with E-state index < -0.39 is 17.6 Å². The zero-order valence-corrected chi connectivity index (χ0v) is 13.0. The first kappa shape index (κ1) is 17.5. The first-order valence-electron chi connectivity index (χ1n) is 7.04. The van der Waals surface area contributed by atoms with Crippen LogP contribution < -0.4 is 10.6 Å². The minimum atomic E-state index is -4.45. The Morgan fingerprint density at radius 1 is 0.917 bits per heavy atom. The van der Waals surface area contributed by atoms with Gasteiger partial charge in [0.25, 0.3) is 5.91 Å². The van der Waals surface area contributed by atoms with E-state index in [2.05, 4.69) is 10.6 Å². The van der Waals surface area contributed by atoms with Crippen molar-refractivity contribution in [1.82, 2.24) is 0 Å². The highest BCUT2D eigenvalue weighted by atomic mass is 19.4. The van der Waals surface area contributed by atoms with Crippen LogP contribution in [0, 0.1) is 6.92 Å². The molecular formula is C17H15F3N2O2. The second kappa shape index (κ2) is 6.74. The topological polar surface area (TPSA) is 58.2 Å². The van der Waals surface area contributed by atoms with Crippen LogP contribution in [-0.2, 0) is 11.0 Å². The smallest absolute Gasteiger partial charge is 0.326 e. The zero-order valence-electron chi connectivity index (χ0n) is 13.0. The molecule has 2 aromatic carbocycles. The van der Waals surface area contributed by atoms with E-state index >= 15 is 0 Å². The number of benzene rings is 2. The first-order chi connectivity index (χ1) is 11.2. The molecule has 4 nitrogen and oxygen atoms in total. The summed E-state index contributed by atoms with van der Waals surface area (Å²) < 4.78 is 37.6. The molecule has 126 valence electrons. The number of carbonyl (C=O) groups excluding carboxylic acids is 2. The second-order valence-electron chi connectivity index (χ2n) is 5.19. The summed E-state index contributed by atoms with van der Waals surface area (Å²) in [6.07, 6.45) is -4.45. The molecule has 0 aromatic heterocycles. The van der Waals surface area contributed by atoms with Gasteiger partial charge in [-0.15, -0.1) is 0 Å². The van der Waals surface area contributed by atoms with Crippen molar-refractivity contribution in [3.05, 3.63) is 59.2 Å². The van der Waals surface area contributed by atoms with Gasteiger partial charge in [-0.05, 0) is 48.9 Å². The molecule has 0 atom stereocenters. The number of nitrogens with one attached hydrogen (secondary N) is 2. The van der Waals surface area contributed by atoms with Crippen LogP contribution in [0.5, 0.6) is 0 Å². The molecule has 0 spiro atoms. The molecule has 2 rings (SSSR count). The molecule has 0 fully saturated rings. The zero-order chi connectivity index (χ0) is 17.9. The van der Waals surface area contributed by atoms with Gasteiger partial charge in [0, 0.05) is 23.9 Å². The van der Waals surface area contributed by atoms with Gasteiger partial charge in [0.05, 0.1) is 5.56 Å². The number of halogens is 3. The maximum absolute atomic E-state index is 12.5. The quantitative estimate of drug-likeness (QED) is 0.881. The van der Waals surface area contributed by atoms with Crippen LogP contribution in [0.15, 0.2) is 42.5 Å². The van der Waals surface area contributed by atoms with Gasteiger partial charge >= 0.3 is 6.18 Å². The molecular weight excluding hydrogens is 321 g/mol. The minimum absolute atomic E-state index is 0.104. The fourth-order valence-electron chi connectivity index (χ4n) is 2.10. The number of carbonyl (C=O) groups is 2. The standard InChI is InChI=1S/C17H15F3N2O2/c1-10-14(21-11(2)23)4-3-5-15(10)22-16(24)12-6-8-13(9-7-12)17(18,19)20/h3-9H,1-2H3,(H,21,23)(H,22,24). The van der Waals surface area contributed by atoms with Gasteiger partial charge in [-0.2, -0.15) is 13.2 Å². The van der Waals surface area contributed by atoms with Gasteiger partial charge in [0.2, 0.25) is 5.91 Å². The Kier molecular flexibility index (Phi) is 4.92. The van der Waals surface area contributed by atoms with E-state index in [1.54, 1.807) is 25.1 Å². The molecule has 0 unspecified atom stereocenters. The summed E-state index contributed by atoms with van der Waals surface area (Å²) in [5.41, 5.74) is 0.946. The predicted molar refractivity (Wildman–Crippen MR) is 84.9 cm³/mol. The van der Waals surface area contributed by atoms with Gasteiger partial charge in [-0.1, -0.05) is 6.07 Å². The Hall–Kier alpha value is -2.83. The number of alkyl halides is 3. The number of hydrogen-bond donors (Lipinski definition) is 2. The molecule has 0 saturated carbocycles. The van der Waals surface area contributed by atoms with E-state index in [0.29, 0.717) is 16.9 Å². The average molecular weight is 336 g/mol. The number of hydrogen-bond acceptors (Lipinski definition) is 2. The van der Waals surface area contributed by atoms with Crippen LogP contribution >= 0.6 is 0 Å². The molecule has 0 heterocycles. The highest BCUT2D eigenvalue weighted by Gasteiger charge is 2.30. The Labute approximate surface area is 136 Å². The molecule has 24 heavy (non-hydrogen) atoms. The van der Waals surface area contributed by atoms with Crippen molar-refractivity contribution in [1.29, 1.82) is 0 Å². The summed E-state index contributed by atoms with van der Waals surface area (Å²) in [6, 6.07) is 8.93. The Morgan fingerprint density at radius 2 is 1.46 bits per heavy atom. The highest BCUT2D eigenvalue weighted by Crippen LogP contribution is 2.29. The molecule has 2 N–H and O–H groups in total. The van der Waals surface area contributed by atoms with Crippen LogP contribution in [-0.4, -0.2) is 11.8 Å². The van der Waals surface area contributed by atoms with E-state index in [9.17, 15) is 22.8 Å². The Bertz CT molecular complexity index is 768. The van der Waals surface area contributed by atoms with Crippen molar-refractivity contribution < 1.29 is 22.8 Å². The van der Waals surface area contributed by atoms with Crippen molar-refractivity contribution >= 4 is 23.2 Å². The second-order valence-corrected chi connectivity index (χ2v) is 5.19. The maximum atomic E-state index is 12.5. The summed E-state index contributed by atoms with van der Waals surface area (Å²) in [7, 11) is 0. The number of anilines is 2. The fourth-order valence-corrected chi connectivity index (χ4v) is 2.10. The third-order valence-electron chi connectivity index (χ3n) is 3.37. The predicted octanol–water partition coefficient (Wildman–Crippen LogP) is 4.22. The van der Waals surface area contributed by atoms with E-state index in [1.165, 1.54) is 6.92 Å². The van der Waals surface area contributed by atoms with Crippen LogP contribution in [0.1, 0.15) is 28.4 Å². The van der Waals surface area contributed by atoms with Crippen LogP contribution in [0.25, 0.3) is 0 Å². The number of rotatable bonds is 3. The summed E-state index contributed by atoms with van der Waals surface area (Å²) in [5, 5.41) is 5.26. The van der Waals surface area contributed by atoms with E-state index in [4.69, 9.17) is 0 Å². The summed E-state index contributed by atoms with van der Waals surface area (Å²) >= 11 is 0. The average Bonchev–Trinajstić information content (AvgIpc) is 2.50. The van der Waals surface area contributed by atoms with E-state index in [0.717, 1.165) is 24.3 Å². The molecule has 0 aliphatic rings. The lowest BCUT2D eigenvalue weighted by Crippen LogP contribution is -2.15. The molecule has 0 saturated heterocycles. The summed E-state index contributed by atoms with van der Waals surface area (Å²) in [6.45, 7) is 3.08. The lowest BCUT2D eigenvalue weighted by molar-refractivity contribution is -0.137. The van der Waals surface area contributed by atoms with Gasteiger partial charge in [-0.3, -0.25) is 9.59 Å². The monoisotopic (exact) mass is 336 g/mol. The largest absolute Gasteiger partial charge is 0.416 e. The lowest BCUT2D eigenvalue weighted by Gasteiger charge is -2.13. The summed E-state index contributed by atoms with van der Waals surface area (Å²) in [4.78, 5) is 23.3. The molecule has 0 bridgehead atoms. The van der Waals surface area contributed by atoms with Crippen molar-refractivity contribution in [2.45, 2.75) is 20.0 Å². The molecule has 0 aliphatic carbocycles. The maximum Gasteiger partial charge on any atom is 0.416 e. The van der Waals surface area contributed by atoms with Crippen molar-refractivity contribution in [2.24, 2.45) is 0 Å². The fraction of sp³-hybridized carbons (Fsp3) is 0.176. The van der Waals surface area contributed by atoms with Gasteiger partial charge < -0.3 is 10.6 Å². The SMILES string of the molecule is CC(=O)Nc1cccc(NC(=O)c2ccc(C(F)(F)F)cc2)c1C. The van der Waals surface area contributed by atoms with Gasteiger partial charge in [0.1, 0.15) is 0 Å². The molecule has 2 aromatic rings. The number of amides is 2. The normalized spacial score (nSPS) is 11.0. The Balaban J connectivity index is 2.19. The molecule has 0 aliphatic heterocycles. The first-order valence-corrected chi connectivity index (χ1v) is 7.04.